The molecule has 3 aromatic rings. The molecule has 0 spiro atoms. The average molecular weight is 463 g/mol. The Labute approximate surface area is 196 Å². The summed E-state index contributed by atoms with van der Waals surface area (Å²) < 4.78 is 25.4. The van der Waals surface area contributed by atoms with Crippen LogP contribution in [0.15, 0.2) is 70.6 Å². The highest BCUT2D eigenvalue weighted by molar-refractivity contribution is 8.18. The number of hydrogen-bond donors (Lipinski definition) is 1. The number of carbonyl (C=O) groups is 1. The third-order valence-electron chi connectivity index (χ3n) is 5.22. The quantitative estimate of drug-likeness (QED) is 0.462. The van der Waals surface area contributed by atoms with E-state index in [4.69, 9.17) is 9.47 Å². The van der Waals surface area contributed by atoms with Crippen LogP contribution < -0.4 is 14.8 Å². The lowest BCUT2D eigenvalue weighted by Gasteiger charge is -2.14. The second-order valence-electron chi connectivity index (χ2n) is 7.51. The molecule has 0 atom stereocenters. The van der Waals surface area contributed by atoms with Gasteiger partial charge in [-0.05, 0) is 67.1 Å². The first-order valence-electron chi connectivity index (χ1n) is 10.3. The summed E-state index contributed by atoms with van der Waals surface area (Å²) in [6.45, 7) is 4.09. The summed E-state index contributed by atoms with van der Waals surface area (Å²) in [5.41, 5.74) is 4.17. The SMILES string of the molecule is COc1cccc(/C=C2/SC(=Nc3ccc(C)c(C)c3)NC2=O)c1OCc1ccccc1F. The van der Waals surface area contributed by atoms with E-state index < -0.39 is 0 Å². The molecule has 1 N–H and O–H groups in total. The highest BCUT2D eigenvalue weighted by Crippen LogP contribution is 2.36. The van der Waals surface area contributed by atoms with Crippen molar-refractivity contribution in [3.63, 3.8) is 0 Å². The summed E-state index contributed by atoms with van der Waals surface area (Å²) >= 11 is 1.25. The van der Waals surface area contributed by atoms with Gasteiger partial charge < -0.3 is 14.8 Å². The number of ether oxygens (including phenoxy) is 2. The second-order valence-corrected chi connectivity index (χ2v) is 8.54. The molecule has 3 aromatic carbocycles. The first-order valence-corrected chi connectivity index (χ1v) is 11.2. The summed E-state index contributed by atoms with van der Waals surface area (Å²) in [4.78, 5) is 17.6. The van der Waals surface area contributed by atoms with Crippen molar-refractivity contribution in [1.82, 2.24) is 5.32 Å². The predicted octanol–water partition coefficient (Wildman–Crippen LogP) is 5.92. The van der Waals surface area contributed by atoms with Crippen LogP contribution >= 0.6 is 11.8 Å². The highest BCUT2D eigenvalue weighted by atomic mass is 32.2. The third-order valence-corrected chi connectivity index (χ3v) is 6.13. The maximum absolute atomic E-state index is 14.0. The van der Waals surface area contributed by atoms with Crippen molar-refractivity contribution in [1.29, 1.82) is 0 Å². The number of amides is 1. The van der Waals surface area contributed by atoms with Gasteiger partial charge in [0.25, 0.3) is 5.91 Å². The Bertz CT molecular complexity index is 1270. The van der Waals surface area contributed by atoms with Gasteiger partial charge >= 0.3 is 0 Å². The van der Waals surface area contributed by atoms with Crippen molar-refractivity contribution >= 4 is 34.6 Å². The van der Waals surface area contributed by atoms with Crippen LogP contribution in [0.25, 0.3) is 6.08 Å². The zero-order chi connectivity index (χ0) is 23.4. The van der Waals surface area contributed by atoms with Crippen molar-refractivity contribution in [3.05, 3.63) is 93.6 Å². The molecule has 1 fully saturated rings. The van der Waals surface area contributed by atoms with Crippen LogP contribution in [0.1, 0.15) is 22.3 Å². The molecule has 168 valence electrons. The smallest absolute Gasteiger partial charge is 0.264 e. The number of hydrogen-bond acceptors (Lipinski definition) is 5. The molecular formula is C26H23FN2O3S. The number of benzene rings is 3. The topological polar surface area (TPSA) is 59.9 Å². The summed E-state index contributed by atoms with van der Waals surface area (Å²) in [6, 6.07) is 17.7. The Morgan fingerprint density at radius 3 is 2.64 bits per heavy atom. The first kappa shape index (κ1) is 22.6. The van der Waals surface area contributed by atoms with Crippen LogP contribution in [-0.4, -0.2) is 18.2 Å². The Balaban J connectivity index is 1.60. The van der Waals surface area contributed by atoms with Gasteiger partial charge in [0.05, 0.1) is 17.7 Å². The normalized spacial score (nSPS) is 15.7. The number of nitrogens with zero attached hydrogens (tertiary/aromatic N) is 1. The van der Waals surface area contributed by atoms with Crippen LogP contribution in [0.3, 0.4) is 0 Å². The molecule has 5 nitrogen and oxygen atoms in total. The third kappa shape index (κ3) is 5.26. The van der Waals surface area contributed by atoms with Gasteiger partial charge in [-0.1, -0.05) is 36.4 Å². The maximum atomic E-state index is 14.0. The number of nitrogens with one attached hydrogen (secondary N) is 1. The van der Waals surface area contributed by atoms with E-state index >= 15 is 0 Å². The lowest BCUT2D eigenvalue weighted by Crippen LogP contribution is -2.19. The molecule has 4 rings (SSSR count). The van der Waals surface area contributed by atoms with Crippen molar-refractivity contribution < 1.29 is 18.7 Å². The van der Waals surface area contributed by atoms with Crippen molar-refractivity contribution in [2.75, 3.05) is 7.11 Å². The van der Waals surface area contributed by atoms with E-state index in [-0.39, 0.29) is 18.3 Å². The number of carbonyl (C=O) groups excluding carboxylic acids is 1. The molecule has 1 amide bonds. The molecule has 33 heavy (non-hydrogen) atoms. The van der Waals surface area contributed by atoms with E-state index in [1.807, 2.05) is 44.2 Å². The van der Waals surface area contributed by atoms with Crippen molar-refractivity contribution in [3.8, 4) is 11.5 Å². The number of halogens is 1. The number of aliphatic imine (C=N–C) groups is 1. The zero-order valence-corrected chi connectivity index (χ0v) is 19.3. The number of rotatable bonds is 6. The number of aryl methyl sites for hydroxylation is 2. The van der Waals surface area contributed by atoms with Crippen LogP contribution in [-0.2, 0) is 11.4 Å². The lowest BCUT2D eigenvalue weighted by molar-refractivity contribution is -0.115. The molecule has 0 unspecified atom stereocenters. The number of para-hydroxylation sites is 1. The van der Waals surface area contributed by atoms with E-state index in [1.54, 1.807) is 30.3 Å². The zero-order valence-electron chi connectivity index (χ0n) is 18.5. The van der Waals surface area contributed by atoms with Gasteiger partial charge in [-0.2, -0.15) is 0 Å². The predicted molar refractivity (Wildman–Crippen MR) is 130 cm³/mol. The van der Waals surface area contributed by atoms with Gasteiger partial charge in [-0.25, -0.2) is 9.38 Å². The number of thioether (sulfide) groups is 1. The Kier molecular flexibility index (Phi) is 6.79. The van der Waals surface area contributed by atoms with Gasteiger partial charge in [0, 0.05) is 11.1 Å². The van der Waals surface area contributed by atoms with Crippen LogP contribution in [0.4, 0.5) is 10.1 Å². The minimum absolute atomic E-state index is 0.0298. The minimum atomic E-state index is -0.342. The average Bonchev–Trinajstić information content (AvgIpc) is 3.14. The van der Waals surface area contributed by atoms with Gasteiger partial charge in [-0.15, -0.1) is 0 Å². The molecule has 0 bridgehead atoms. The Morgan fingerprint density at radius 2 is 1.88 bits per heavy atom. The molecule has 1 saturated heterocycles. The van der Waals surface area contributed by atoms with E-state index in [0.717, 1.165) is 11.3 Å². The molecular weight excluding hydrogens is 439 g/mol. The van der Waals surface area contributed by atoms with E-state index in [2.05, 4.69) is 10.3 Å². The lowest BCUT2D eigenvalue weighted by atomic mass is 10.1. The molecule has 0 saturated carbocycles. The monoisotopic (exact) mass is 462 g/mol. The maximum Gasteiger partial charge on any atom is 0.264 e. The van der Waals surface area contributed by atoms with Crippen LogP contribution in [0, 0.1) is 19.7 Å². The highest BCUT2D eigenvalue weighted by Gasteiger charge is 2.25. The fourth-order valence-electron chi connectivity index (χ4n) is 3.26. The fraction of sp³-hybridized carbons (Fsp3) is 0.154. The van der Waals surface area contributed by atoms with E-state index in [0.29, 0.717) is 32.7 Å². The van der Waals surface area contributed by atoms with Gasteiger partial charge in [-0.3, -0.25) is 4.79 Å². The van der Waals surface area contributed by atoms with E-state index in [1.165, 1.54) is 30.5 Å². The minimum Gasteiger partial charge on any atom is -0.493 e. The van der Waals surface area contributed by atoms with Crippen LogP contribution in [0.5, 0.6) is 11.5 Å². The van der Waals surface area contributed by atoms with Gasteiger partial charge in [0.2, 0.25) is 0 Å². The molecule has 1 heterocycles. The summed E-state index contributed by atoms with van der Waals surface area (Å²) in [7, 11) is 1.54. The molecule has 0 aromatic heterocycles. The number of methoxy groups -OCH3 is 1. The van der Waals surface area contributed by atoms with Crippen molar-refractivity contribution in [2.45, 2.75) is 20.5 Å². The molecule has 0 aliphatic carbocycles. The summed E-state index contributed by atoms with van der Waals surface area (Å²) in [5.74, 6) is 0.340. The summed E-state index contributed by atoms with van der Waals surface area (Å²) in [6.07, 6.45) is 1.72. The fourth-order valence-corrected chi connectivity index (χ4v) is 4.09. The van der Waals surface area contributed by atoms with Gasteiger partial charge in [0.1, 0.15) is 12.4 Å². The number of amidine groups is 1. The first-order chi connectivity index (χ1) is 15.9. The van der Waals surface area contributed by atoms with Gasteiger partial charge in [0.15, 0.2) is 16.7 Å². The van der Waals surface area contributed by atoms with Crippen molar-refractivity contribution in [2.24, 2.45) is 4.99 Å². The molecule has 7 heteroatoms. The molecule has 0 radical (unpaired) electrons. The van der Waals surface area contributed by atoms with E-state index in [9.17, 15) is 9.18 Å². The largest absolute Gasteiger partial charge is 0.493 e. The molecule has 1 aliphatic rings. The standard InChI is InChI=1S/C26H23FN2O3S/c1-16-11-12-20(13-17(16)2)28-26-29-25(30)23(33-26)14-18-8-6-10-22(31-3)24(18)32-15-19-7-4-5-9-21(19)27/h4-14H,15H2,1-3H3,(H,28,29,30)/b23-14+. The Morgan fingerprint density at radius 1 is 1.06 bits per heavy atom. The summed E-state index contributed by atoms with van der Waals surface area (Å²) in [5, 5.41) is 3.31. The molecule has 1 aliphatic heterocycles. The second kappa shape index (κ2) is 9.92. The Hall–Kier alpha value is -3.58. The van der Waals surface area contributed by atoms with Crippen LogP contribution in [0.2, 0.25) is 0 Å².